The lowest BCUT2D eigenvalue weighted by Crippen LogP contribution is -2.33. The van der Waals surface area contributed by atoms with Gasteiger partial charge in [0.2, 0.25) is 0 Å². The highest BCUT2D eigenvalue weighted by atomic mass is 79.9. The molecule has 1 aliphatic rings. The second-order valence-electron chi connectivity index (χ2n) is 4.71. The van der Waals surface area contributed by atoms with Crippen LogP contribution >= 0.6 is 15.9 Å². The zero-order valence-corrected chi connectivity index (χ0v) is 12.0. The maximum Gasteiger partial charge on any atom is 0.0513 e. The average molecular weight is 297 g/mol. The largest absolute Gasteiger partial charge is 0.368 e. The Morgan fingerprint density at radius 2 is 2.06 bits per heavy atom. The van der Waals surface area contributed by atoms with Crippen LogP contribution in [0.3, 0.4) is 0 Å². The van der Waals surface area contributed by atoms with E-state index in [4.69, 9.17) is 5.73 Å². The Hall–Kier alpha value is -0.540. The highest BCUT2D eigenvalue weighted by Crippen LogP contribution is 2.33. The van der Waals surface area contributed by atoms with Crippen molar-refractivity contribution in [3.05, 3.63) is 28.2 Å². The second-order valence-corrected chi connectivity index (χ2v) is 5.57. The summed E-state index contributed by atoms with van der Waals surface area (Å²) < 4.78 is 1.18. The summed E-state index contributed by atoms with van der Waals surface area (Å²) in [6, 6.07) is 7.21. The Kier molecular flexibility index (Phi) is 4.46. The first kappa shape index (κ1) is 12.9. The quantitative estimate of drug-likeness (QED) is 0.918. The van der Waals surface area contributed by atoms with Gasteiger partial charge in [0.25, 0.3) is 0 Å². The summed E-state index contributed by atoms with van der Waals surface area (Å²) in [6.45, 7) is 3.92. The molecule has 94 valence electrons. The van der Waals surface area contributed by atoms with E-state index in [1.54, 1.807) is 0 Å². The van der Waals surface area contributed by atoms with Gasteiger partial charge in [-0.15, -0.1) is 0 Å². The lowest BCUT2D eigenvalue weighted by atomic mass is 10.1. The van der Waals surface area contributed by atoms with Gasteiger partial charge >= 0.3 is 0 Å². The fourth-order valence-electron chi connectivity index (χ4n) is 2.75. The molecule has 1 fully saturated rings. The lowest BCUT2D eigenvalue weighted by Gasteiger charge is -2.31. The van der Waals surface area contributed by atoms with Crippen molar-refractivity contribution in [1.29, 1.82) is 0 Å². The zero-order chi connectivity index (χ0) is 12.3. The molecule has 0 heterocycles. The third-order valence-electron chi connectivity index (χ3n) is 3.66. The van der Waals surface area contributed by atoms with Crippen LogP contribution in [0.5, 0.6) is 0 Å². The number of hydrogen-bond acceptors (Lipinski definition) is 2. The molecule has 1 aliphatic carbocycles. The Morgan fingerprint density at radius 3 is 2.59 bits per heavy atom. The van der Waals surface area contributed by atoms with Crippen LogP contribution in [-0.4, -0.2) is 12.6 Å². The third-order valence-corrected chi connectivity index (χ3v) is 4.30. The Balaban J connectivity index is 2.23. The van der Waals surface area contributed by atoms with E-state index < -0.39 is 0 Å². The number of nitrogens with zero attached hydrogens (tertiary/aromatic N) is 1. The molecule has 0 atom stereocenters. The fraction of sp³-hybridized carbons (Fsp3) is 0.571. The van der Waals surface area contributed by atoms with Gasteiger partial charge in [-0.2, -0.15) is 0 Å². The molecule has 0 amide bonds. The minimum absolute atomic E-state index is 0.606. The van der Waals surface area contributed by atoms with Crippen LogP contribution in [0.4, 0.5) is 5.69 Å². The summed E-state index contributed by atoms with van der Waals surface area (Å²) in [4.78, 5) is 2.53. The van der Waals surface area contributed by atoms with E-state index in [0.717, 1.165) is 12.6 Å². The Morgan fingerprint density at radius 1 is 1.35 bits per heavy atom. The van der Waals surface area contributed by atoms with E-state index in [1.807, 2.05) is 0 Å². The fourth-order valence-corrected chi connectivity index (χ4v) is 3.41. The molecule has 2 nitrogen and oxygen atoms in total. The van der Waals surface area contributed by atoms with Gasteiger partial charge in [-0.05, 0) is 53.4 Å². The highest BCUT2D eigenvalue weighted by Gasteiger charge is 2.22. The maximum atomic E-state index is 5.67. The van der Waals surface area contributed by atoms with Crippen LogP contribution in [0.2, 0.25) is 0 Å². The number of nitrogens with two attached hydrogens (primary N) is 1. The molecule has 1 aromatic rings. The van der Waals surface area contributed by atoms with E-state index in [1.165, 1.54) is 41.4 Å². The smallest absolute Gasteiger partial charge is 0.0513 e. The number of anilines is 1. The standard InChI is InChI=1S/C14H21BrN2/c1-2-17(12-5-3-4-6-12)14-8-7-11(10-16)9-13(14)15/h7-9,12H,2-6,10,16H2,1H3. The highest BCUT2D eigenvalue weighted by molar-refractivity contribution is 9.10. The first-order chi connectivity index (χ1) is 8.26. The number of benzene rings is 1. The molecule has 0 aliphatic heterocycles. The first-order valence-electron chi connectivity index (χ1n) is 6.51. The number of rotatable bonds is 4. The second kappa shape index (κ2) is 5.87. The van der Waals surface area contributed by atoms with Crippen molar-refractivity contribution in [3.8, 4) is 0 Å². The molecule has 0 spiro atoms. The predicted octanol–water partition coefficient (Wildman–Crippen LogP) is 3.68. The van der Waals surface area contributed by atoms with Crippen LogP contribution < -0.4 is 10.6 Å². The minimum atomic E-state index is 0.606. The number of halogens is 1. The SMILES string of the molecule is CCN(c1ccc(CN)cc1Br)C1CCCC1. The summed E-state index contributed by atoms with van der Waals surface area (Å²) in [6.07, 6.45) is 5.41. The van der Waals surface area contributed by atoms with Gasteiger partial charge in [-0.3, -0.25) is 0 Å². The van der Waals surface area contributed by atoms with Gasteiger partial charge < -0.3 is 10.6 Å². The van der Waals surface area contributed by atoms with Crippen molar-refractivity contribution in [2.24, 2.45) is 5.73 Å². The molecule has 0 bridgehead atoms. The first-order valence-corrected chi connectivity index (χ1v) is 7.30. The van der Waals surface area contributed by atoms with E-state index in [9.17, 15) is 0 Å². The van der Waals surface area contributed by atoms with Crippen molar-refractivity contribution in [2.45, 2.75) is 45.2 Å². The summed E-state index contributed by atoms with van der Waals surface area (Å²) in [5.41, 5.74) is 8.16. The van der Waals surface area contributed by atoms with E-state index in [2.05, 4.69) is 46.0 Å². The van der Waals surface area contributed by atoms with Gasteiger partial charge in [-0.1, -0.05) is 18.9 Å². The maximum absolute atomic E-state index is 5.67. The molecule has 0 aromatic heterocycles. The van der Waals surface area contributed by atoms with Crippen LogP contribution in [0.1, 0.15) is 38.2 Å². The van der Waals surface area contributed by atoms with Gasteiger partial charge in [0.15, 0.2) is 0 Å². The van der Waals surface area contributed by atoms with Crippen LogP contribution in [0.15, 0.2) is 22.7 Å². The van der Waals surface area contributed by atoms with Gasteiger partial charge in [0.05, 0.1) is 5.69 Å². The summed E-state index contributed by atoms with van der Waals surface area (Å²) in [5, 5.41) is 0. The molecular formula is C14H21BrN2. The van der Waals surface area contributed by atoms with Gasteiger partial charge in [0.1, 0.15) is 0 Å². The van der Waals surface area contributed by atoms with Crippen molar-refractivity contribution in [1.82, 2.24) is 0 Å². The molecule has 2 rings (SSSR count). The van der Waals surface area contributed by atoms with Crippen LogP contribution in [-0.2, 0) is 6.54 Å². The monoisotopic (exact) mass is 296 g/mol. The normalized spacial score (nSPS) is 16.4. The molecule has 0 radical (unpaired) electrons. The van der Waals surface area contributed by atoms with Crippen molar-refractivity contribution in [2.75, 3.05) is 11.4 Å². The molecule has 3 heteroatoms. The van der Waals surface area contributed by atoms with Crippen molar-refractivity contribution >= 4 is 21.6 Å². The van der Waals surface area contributed by atoms with E-state index in [0.29, 0.717) is 6.54 Å². The molecule has 0 unspecified atom stereocenters. The van der Waals surface area contributed by atoms with Gasteiger partial charge in [-0.25, -0.2) is 0 Å². The molecule has 0 saturated heterocycles. The predicted molar refractivity (Wildman–Crippen MR) is 77.3 cm³/mol. The van der Waals surface area contributed by atoms with Crippen LogP contribution in [0, 0.1) is 0 Å². The van der Waals surface area contributed by atoms with E-state index >= 15 is 0 Å². The van der Waals surface area contributed by atoms with Crippen LogP contribution in [0.25, 0.3) is 0 Å². The van der Waals surface area contributed by atoms with Crippen molar-refractivity contribution < 1.29 is 0 Å². The summed E-state index contributed by atoms with van der Waals surface area (Å²) >= 11 is 3.68. The Labute approximate surface area is 112 Å². The topological polar surface area (TPSA) is 29.3 Å². The van der Waals surface area contributed by atoms with Crippen molar-refractivity contribution in [3.63, 3.8) is 0 Å². The summed E-state index contributed by atoms with van der Waals surface area (Å²) in [5.74, 6) is 0. The molecular weight excluding hydrogens is 276 g/mol. The summed E-state index contributed by atoms with van der Waals surface area (Å²) in [7, 11) is 0. The third kappa shape index (κ3) is 2.83. The molecule has 2 N–H and O–H groups in total. The number of hydrogen-bond donors (Lipinski definition) is 1. The van der Waals surface area contributed by atoms with E-state index in [-0.39, 0.29) is 0 Å². The molecule has 1 saturated carbocycles. The molecule has 1 aromatic carbocycles. The lowest BCUT2D eigenvalue weighted by molar-refractivity contribution is 0.619. The zero-order valence-electron chi connectivity index (χ0n) is 10.5. The Bertz CT molecular complexity index is 372. The molecule has 17 heavy (non-hydrogen) atoms. The average Bonchev–Trinajstić information content (AvgIpc) is 2.85. The minimum Gasteiger partial charge on any atom is -0.368 e. The van der Waals surface area contributed by atoms with Gasteiger partial charge in [0, 0.05) is 23.6 Å².